The Kier molecular flexibility index (Phi) is 6.78. The van der Waals surface area contributed by atoms with E-state index in [1.54, 1.807) is 60.7 Å². The van der Waals surface area contributed by atoms with Crippen molar-refractivity contribution in [2.75, 3.05) is 23.8 Å². The summed E-state index contributed by atoms with van der Waals surface area (Å²) in [7, 11) is -0.954. The molecule has 0 fully saturated rings. The first-order valence-corrected chi connectivity index (χ1v) is 13.0. The Balaban J connectivity index is 1.64. The Morgan fingerprint density at radius 1 is 1.00 bits per heavy atom. The number of anilines is 2. The zero-order valence-electron chi connectivity index (χ0n) is 18.4. The van der Waals surface area contributed by atoms with Crippen LogP contribution in [0.1, 0.15) is 15.2 Å². The summed E-state index contributed by atoms with van der Waals surface area (Å²) < 4.78 is 34.0. The quantitative estimate of drug-likeness (QED) is 0.302. The minimum atomic E-state index is -3.88. The molecule has 0 bridgehead atoms. The largest absolute Gasteiger partial charge is 0.495 e. The highest BCUT2D eigenvalue weighted by Crippen LogP contribution is 2.34. The molecule has 3 aromatic carbocycles. The molecule has 1 heterocycles. The van der Waals surface area contributed by atoms with Gasteiger partial charge in [0.05, 0.1) is 17.7 Å². The van der Waals surface area contributed by atoms with E-state index in [9.17, 15) is 13.2 Å². The fraction of sp³-hybridized carbons (Fsp3) is 0.125. The van der Waals surface area contributed by atoms with Crippen LogP contribution < -0.4 is 14.4 Å². The number of nitrogens with one attached hydrogen (secondary N) is 1. The van der Waals surface area contributed by atoms with Gasteiger partial charge in [0.2, 0.25) is 0 Å². The summed E-state index contributed by atoms with van der Waals surface area (Å²) in [4.78, 5) is 13.3. The van der Waals surface area contributed by atoms with Crippen LogP contribution in [0, 0.1) is 6.92 Å². The molecule has 6 nitrogen and oxygen atoms in total. The Labute approximate surface area is 211 Å². The van der Waals surface area contributed by atoms with Gasteiger partial charge < -0.3 is 10.1 Å². The lowest BCUT2D eigenvalue weighted by Gasteiger charge is -2.21. The second-order valence-electron chi connectivity index (χ2n) is 7.57. The van der Waals surface area contributed by atoms with Gasteiger partial charge in [-0.05, 0) is 72.5 Å². The SMILES string of the molecule is COc1ccc(C)cc1S(=O)(=O)N(C)c1ccc2sc(C(=O)Nc3cc(Cl)cc(Cl)c3)cc2c1. The number of methoxy groups -OCH3 is 1. The molecule has 0 saturated carbocycles. The van der Waals surface area contributed by atoms with Gasteiger partial charge in [0.25, 0.3) is 15.9 Å². The third-order valence-electron chi connectivity index (χ3n) is 5.17. The maximum Gasteiger partial charge on any atom is 0.267 e. The van der Waals surface area contributed by atoms with Crippen molar-refractivity contribution in [3.8, 4) is 5.75 Å². The van der Waals surface area contributed by atoms with Crippen LogP contribution in [-0.2, 0) is 10.0 Å². The van der Waals surface area contributed by atoms with Crippen molar-refractivity contribution in [2.24, 2.45) is 0 Å². The fourth-order valence-corrected chi connectivity index (χ4v) is 6.32. The van der Waals surface area contributed by atoms with Gasteiger partial charge in [-0.25, -0.2) is 8.42 Å². The van der Waals surface area contributed by atoms with Crippen LogP contribution in [-0.4, -0.2) is 28.5 Å². The average molecular weight is 535 g/mol. The number of thiophene rings is 1. The van der Waals surface area contributed by atoms with E-state index in [4.69, 9.17) is 27.9 Å². The summed E-state index contributed by atoms with van der Waals surface area (Å²) in [6, 6.07) is 16.8. The highest BCUT2D eigenvalue weighted by Gasteiger charge is 2.26. The molecule has 1 aromatic heterocycles. The smallest absolute Gasteiger partial charge is 0.267 e. The molecule has 0 unspecified atom stereocenters. The van der Waals surface area contributed by atoms with Gasteiger partial charge >= 0.3 is 0 Å². The first-order chi connectivity index (χ1) is 16.1. The Bertz CT molecular complexity index is 1500. The van der Waals surface area contributed by atoms with Crippen molar-refractivity contribution in [2.45, 2.75) is 11.8 Å². The highest BCUT2D eigenvalue weighted by molar-refractivity contribution is 7.93. The molecule has 0 atom stereocenters. The molecule has 10 heteroatoms. The monoisotopic (exact) mass is 534 g/mol. The molecular formula is C24H20Cl2N2O4S2. The van der Waals surface area contributed by atoms with E-state index in [0.717, 1.165) is 15.6 Å². The number of nitrogens with zero attached hydrogens (tertiary/aromatic N) is 1. The second kappa shape index (κ2) is 9.46. The van der Waals surface area contributed by atoms with Crippen LogP contribution in [0.25, 0.3) is 10.1 Å². The maximum atomic E-state index is 13.3. The number of ether oxygens (including phenoxy) is 1. The molecule has 0 aliphatic carbocycles. The van der Waals surface area contributed by atoms with E-state index in [-0.39, 0.29) is 16.6 Å². The number of hydrogen-bond acceptors (Lipinski definition) is 5. The minimum Gasteiger partial charge on any atom is -0.495 e. The van der Waals surface area contributed by atoms with Gasteiger partial charge in [0.1, 0.15) is 10.6 Å². The number of halogens is 2. The summed E-state index contributed by atoms with van der Waals surface area (Å²) in [6.45, 7) is 1.82. The van der Waals surface area contributed by atoms with E-state index < -0.39 is 10.0 Å². The van der Waals surface area contributed by atoms with Gasteiger partial charge in [-0.3, -0.25) is 9.10 Å². The van der Waals surface area contributed by atoms with Crippen molar-refractivity contribution in [1.82, 2.24) is 0 Å². The molecular weight excluding hydrogens is 515 g/mol. The molecule has 0 radical (unpaired) electrons. The van der Waals surface area contributed by atoms with Crippen LogP contribution in [0.3, 0.4) is 0 Å². The maximum absolute atomic E-state index is 13.3. The number of carbonyl (C=O) groups excluding carboxylic acids is 1. The molecule has 1 N–H and O–H groups in total. The summed E-state index contributed by atoms with van der Waals surface area (Å²) in [5.74, 6) is -0.0410. The van der Waals surface area contributed by atoms with Gasteiger partial charge in [-0.15, -0.1) is 11.3 Å². The number of carbonyl (C=O) groups is 1. The summed E-state index contributed by atoms with van der Waals surface area (Å²) in [6.07, 6.45) is 0. The number of amides is 1. The van der Waals surface area contributed by atoms with Gasteiger partial charge in [0.15, 0.2) is 0 Å². The molecule has 1 amide bonds. The predicted molar refractivity (Wildman–Crippen MR) is 140 cm³/mol. The van der Waals surface area contributed by atoms with Crippen molar-refractivity contribution >= 4 is 71.9 Å². The number of aryl methyl sites for hydroxylation is 1. The zero-order valence-corrected chi connectivity index (χ0v) is 21.6. The lowest BCUT2D eigenvalue weighted by molar-refractivity contribution is 0.103. The van der Waals surface area contributed by atoms with E-state index in [1.165, 1.54) is 29.8 Å². The Morgan fingerprint density at radius 2 is 1.71 bits per heavy atom. The first kappa shape index (κ1) is 24.3. The van der Waals surface area contributed by atoms with Crippen LogP contribution in [0.5, 0.6) is 5.75 Å². The predicted octanol–water partition coefficient (Wildman–Crippen LogP) is 6.60. The van der Waals surface area contributed by atoms with Crippen LogP contribution >= 0.6 is 34.5 Å². The molecule has 0 aliphatic heterocycles. The van der Waals surface area contributed by atoms with Gasteiger partial charge in [0, 0.05) is 27.5 Å². The van der Waals surface area contributed by atoms with Crippen molar-refractivity contribution < 1.29 is 17.9 Å². The van der Waals surface area contributed by atoms with Crippen LogP contribution in [0.2, 0.25) is 10.0 Å². The second-order valence-corrected chi connectivity index (χ2v) is 11.5. The van der Waals surface area contributed by atoms with Crippen LogP contribution in [0.4, 0.5) is 11.4 Å². The third-order valence-corrected chi connectivity index (χ3v) is 8.52. The summed E-state index contributed by atoms with van der Waals surface area (Å²) in [5, 5.41) is 4.36. The highest BCUT2D eigenvalue weighted by atomic mass is 35.5. The summed E-state index contributed by atoms with van der Waals surface area (Å²) >= 11 is 13.3. The van der Waals surface area contributed by atoms with Crippen molar-refractivity contribution in [3.63, 3.8) is 0 Å². The Morgan fingerprint density at radius 3 is 2.38 bits per heavy atom. The van der Waals surface area contributed by atoms with E-state index in [0.29, 0.717) is 26.3 Å². The minimum absolute atomic E-state index is 0.0863. The normalized spacial score (nSPS) is 11.4. The molecule has 4 rings (SSSR count). The topological polar surface area (TPSA) is 75.7 Å². The number of rotatable bonds is 6. The lowest BCUT2D eigenvalue weighted by Crippen LogP contribution is -2.27. The third kappa shape index (κ3) is 4.86. The average Bonchev–Trinajstić information content (AvgIpc) is 3.21. The van der Waals surface area contributed by atoms with E-state index in [1.807, 2.05) is 6.92 Å². The molecule has 0 saturated heterocycles. The van der Waals surface area contributed by atoms with Gasteiger partial charge in [-0.2, -0.15) is 0 Å². The standard InChI is InChI=1S/C24H20Cl2N2O4S2/c1-14-4-6-20(32-3)23(8-14)34(30,31)28(2)19-5-7-21-15(9-19)10-22(33-21)24(29)27-18-12-16(25)11-17(26)13-18/h4-13H,1-3H3,(H,27,29). The molecule has 0 aliphatic rings. The fourth-order valence-electron chi connectivity index (χ4n) is 3.43. The number of sulfonamides is 1. The number of fused-ring (bicyclic) bond motifs is 1. The number of hydrogen-bond donors (Lipinski definition) is 1. The molecule has 0 spiro atoms. The summed E-state index contributed by atoms with van der Waals surface area (Å²) in [5.41, 5.74) is 1.75. The molecule has 176 valence electrons. The van der Waals surface area contributed by atoms with E-state index >= 15 is 0 Å². The lowest BCUT2D eigenvalue weighted by atomic mass is 10.2. The number of benzene rings is 3. The van der Waals surface area contributed by atoms with Crippen LogP contribution in [0.15, 0.2) is 65.6 Å². The molecule has 4 aromatic rings. The zero-order chi connectivity index (χ0) is 24.6. The van der Waals surface area contributed by atoms with Crippen molar-refractivity contribution in [3.05, 3.63) is 81.1 Å². The molecule has 34 heavy (non-hydrogen) atoms. The van der Waals surface area contributed by atoms with Crippen molar-refractivity contribution in [1.29, 1.82) is 0 Å². The first-order valence-electron chi connectivity index (χ1n) is 10.0. The van der Waals surface area contributed by atoms with Gasteiger partial charge in [-0.1, -0.05) is 29.3 Å². The van der Waals surface area contributed by atoms with E-state index in [2.05, 4.69) is 5.32 Å². The Hall–Kier alpha value is -2.78.